The summed E-state index contributed by atoms with van der Waals surface area (Å²) >= 11 is 9.63. The number of carbonyl (C=O) groups is 2. The fourth-order valence-corrected chi connectivity index (χ4v) is 3.62. The third-order valence-corrected chi connectivity index (χ3v) is 5.27. The molecule has 1 fully saturated rings. The first-order valence-electron chi connectivity index (χ1n) is 8.54. The lowest BCUT2D eigenvalue weighted by atomic mass is 10.2. The first kappa shape index (κ1) is 18.5. The lowest BCUT2D eigenvalue weighted by Gasteiger charge is -2.12. The Morgan fingerprint density at radius 1 is 1.04 bits per heavy atom. The minimum Gasteiger partial charge on any atom is -0.317 e. The SMILES string of the molecule is O=C1N/C(=C/c2cccn2-c2cccc(Br)c2)C(=O)N1Cc1ccccc1Cl. The van der Waals surface area contributed by atoms with Crippen molar-refractivity contribution in [3.05, 3.63) is 93.3 Å². The number of benzene rings is 2. The molecule has 1 aromatic heterocycles. The predicted molar refractivity (Wildman–Crippen MR) is 112 cm³/mol. The highest BCUT2D eigenvalue weighted by Gasteiger charge is 2.34. The van der Waals surface area contributed by atoms with Crippen molar-refractivity contribution in [3.8, 4) is 5.69 Å². The summed E-state index contributed by atoms with van der Waals surface area (Å²) in [6.45, 7) is 0.119. The molecule has 0 saturated carbocycles. The number of urea groups is 1. The summed E-state index contributed by atoms with van der Waals surface area (Å²) in [5.74, 6) is -0.382. The van der Waals surface area contributed by atoms with Gasteiger partial charge in [-0.05, 0) is 48.0 Å². The van der Waals surface area contributed by atoms with E-state index in [1.165, 1.54) is 0 Å². The van der Waals surface area contributed by atoms with Crippen LogP contribution in [0.15, 0.2) is 77.0 Å². The van der Waals surface area contributed by atoms with Gasteiger partial charge in [0.1, 0.15) is 5.70 Å². The van der Waals surface area contributed by atoms with Crippen LogP contribution in [0.3, 0.4) is 0 Å². The number of nitrogens with zero attached hydrogens (tertiary/aromatic N) is 2. The van der Waals surface area contributed by atoms with Gasteiger partial charge in [-0.1, -0.05) is 51.8 Å². The summed E-state index contributed by atoms with van der Waals surface area (Å²) in [6, 6.07) is 18.3. The second-order valence-corrected chi connectivity index (χ2v) is 7.58. The van der Waals surface area contributed by atoms with Crippen LogP contribution in [0.2, 0.25) is 5.02 Å². The maximum atomic E-state index is 12.8. The number of imide groups is 1. The van der Waals surface area contributed by atoms with Gasteiger partial charge in [-0.3, -0.25) is 9.69 Å². The van der Waals surface area contributed by atoms with Crippen molar-refractivity contribution in [3.63, 3.8) is 0 Å². The van der Waals surface area contributed by atoms with Crippen molar-refractivity contribution in [2.75, 3.05) is 0 Å². The Hall–Kier alpha value is -2.83. The van der Waals surface area contributed by atoms with Crippen molar-refractivity contribution < 1.29 is 9.59 Å². The highest BCUT2D eigenvalue weighted by molar-refractivity contribution is 9.10. The molecule has 1 N–H and O–H groups in total. The minimum atomic E-state index is -0.461. The van der Waals surface area contributed by atoms with Gasteiger partial charge in [-0.15, -0.1) is 0 Å². The van der Waals surface area contributed by atoms with Crippen molar-refractivity contribution in [1.29, 1.82) is 0 Å². The number of aromatic nitrogens is 1. The standard InChI is InChI=1S/C21H15BrClN3O2/c22-15-6-3-7-16(11-15)25-10-4-8-17(25)12-19-20(27)26(21(28)24-19)13-14-5-1-2-9-18(14)23/h1-12H,13H2,(H,24,28)/b19-12+. The predicted octanol–water partition coefficient (Wildman–Crippen LogP) is 4.99. The van der Waals surface area contributed by atoms with Crippen molar-refractivity contribution in [2.24, 2.45) is 0 Å². The average Bonchev–Trinajstić information content (AvgIpc) is 3.24. The van der Waals surface area contributed by atoms with E-state index in [2.05, 4.69) is 21.2 Å². The lowest BCUT2D eigenvalue weighted by Crippen LogP contribution is -2.30. The Labute approximate surface area is 175 Å². The zero-order chi connectivity index (χ0) is 19.7. The van der Waals surface area contributed by atoms with Crippen LogP contribution in [0.5, 0.6) is 0 Å². The van der Waals surface area contributed by atoms with Crippen LogP contribution < -0.4 is 5.32 Å². The number of nitrogens with one attached hydrogen (secondary N) is 1. The number of amides is 3. The van der Waals surface area contributed by atoms with Gasteiger partial charge in [0.05, 0.1) is 6.54 Å². The Morgan fingerprint density at radius 2 is 1.86 bits per heavy atom. The van der Waals surface area contributed by atoms with Gasteiger partial charge in [0.25, 0.3) is 5.91 Å². The Morgan fingerprint density at radius 3 is 2.64 bits per heavy atom. The molecular weight excluding hydrogens is 442 g/mol. The van der Waals surface area contributed by atoms with E-state index in [1.807, 2.05) is 53.2 Å². The van der Waals surface area contributed by atoms with Gasteiger partial charge in [0, 0.05) is 27.1 Å². The number of rotatable bonds is 4. The van der Waals surface area contributed by atoms with Gasteiger partial charge in [-0.25, -0.2) is 4.79 Å². The maximum absolute atomic E-state index is 12.8. The van der Waals surface area contributed by atoms with E-state index in [0.717, 1.165) is 20.8 Å². The van der Waals surface area contributed by atoms with Gasteiger partial charge in [0.2, 0.25) is 0 Å². The number of hydrogen-bond acceptors (Lipinski definition) is 2. The zero-order valence-corrected chi connectivity index (χ0v) is 16.9. The summed E-state index contributed by atoms with van der Waals surface area (Å²) in [5, 5.41) is 3.17. The molecule has 0 bridgehead atoms. The first-order chi connectivity index (χ1) is 13.5. The molecule has 2 aromatic carbocycles. The van der Waals surface area contributed by atoms with Crippen LogP contribution >= 0.6 is 27.5 Å². The summed E-state index contributed by atoms with van der Waals surface area (Å²) in [5.41, 5.74) is 2.66. The highest BCUT2D eigenvalue weighted by atomic mass is 79.9. The molecular formula is C21H15BrClN3O2. The summed E-state index contributed by atoms with van der Waals surface area (Å²) in [4.78, 5) is 26.3. The normalized spacial score (nSPS) is 15.4. The molecule has 0 spiro atoms. The first-order valence-corrected chi connectivity index (χ1v) is 9.71. The van der Waals surface area contributed by atoms with Gasteiger partial charge >= 0.3 is 6.03 Å². The van der Waals surface area contributed by atoms with Gasteiger partial charge in [-0.2, -0.15) is 0 Å². The molecule has 2 heterocycles. The summed E-state index contributed by atoms with van der Waals surface area (Å²) < 4.78 is 2.89. The second-order valence-electron chi connectivity index (χ2n) is 6.25. The smallest absolute Gasteiger partial charge is 0.317 e. The van der Waals surface area contributed by atoms with E-state index in [9.17, 15) is 9.59 Å². The maximum Gasteiger partial charge on any atom is 0.329 e. The Bertz CT molecular complexity index is 1110. The Kier molecular flexibility index (Phi) is 5.07. The number of carbonyl (C=O) groups excluding carboxylic acids is 2. The Balaban J connectivity index is 1.62. The highest BCUT2D eigenvalue weighted by Crippen LogP contribution is 2.23. The molecule has 0 unspecified atom stereocenters. The lowest BCUT2D eigenvalue weighted by molar-refractivity contribution is -0.123. The molecule has 1 aliphatic heterocycles. The van der Waals surface area contributed by atoms with Crippen LogP contribution in [0.4, 0.5) is 4.79 Å². The quantitative estimate of drug-likeness (QED) is 0.444. The fraction of sp³-hybridized carbons (Fsp3) is 0.0476. The molecule has 4 rings (SSSR count). The zero-order valence-electron chi connectivity index (χ0n) is 14.6. The number of halogens is 2. The van der Waals surface area contributed by atoms with Gasteiger partial charge < -0.3 is 9.88 Å². The van der Waals surface area contributed by atoms with Crippen LogP contribution in [0.25, 0.3) is 11.8 Å². The number of hydrogen-bond donors (Lipinski definition) is 1. The van der Waals surface area contributed by atoms with E-state index >= 15 is 0 Å². The molecule has 0 atom stereocenters. The largest absolute Gasteiger partial charge is 0.329 e. The van der Waals surface area contributed by atoms with Crippen LogP contribution in [0.1, 0.15) is 11.3 Å². The summed E-state index contributed by atoms with van der Waals surface area (Å²) in [7, 11) is 0. The molecule has 0 radical (unpaired) electrons. The second kappa shape index (κ2) is 7.66. The van der Waals surface area contributed by atoms with E-state index in [0.29, 0.717) is 10.6 Å². The molecule has 1 aliphatic rings. The molecule has 3 amide bonds. The fourth-order valence-electron chi connectivity index (χ4n) is 3.03. The van der Waals surface area contributed by atoms with Crippen molar-refractivity contribution in [1.82, 2.24) is 14.8 Å². The van der Waals surface area contributed by atoms with E-state index in [-0.39, 0.29) is 18.1 Å². The molecule has 140 valence electrons. The van der Waals surface area contributed by atoms with Crippen LogP contribution in [-0.4, -0.2) is 21.4 Å². The van der Waals surface area contributed by atoms with Crippen molar-refractivity contribution >= 4 is 45.5 Å². The molecule has 28 heavy (non-hydrogen) atoms. The molecule has 5 nitrogen and oxygen atoms in total. The minimum absolute atomic E-state index is 0.119. The third-order valence-electron chi connectivity index (χ3n) is 4.41. The molecule has 7 heteroatoms. The average molecular weight is 457 g/mol. The van der Waals surface area contributed by atoms with Gasteiger partial charge in [0.15, 0.2) is 0 Å². The van der Waals surface area contributed by atoms with E-state index < -0.39 is 6.03 Å². The summed E-state index contributed by atoms with van der Waals surface area (Å²) in [6.07, 6.45) is 3.57. The topological polar surface area (TPSA) is 54.3 Å². The van der Waals surface area contributed by atoms with E-state index in [4.69, 9.17) is 11.6 Å². The van der Waals surface area contributed by atoms with Crippen LogP contribution in [0, 0.1) is 0 Å². The monoisotopic (exact) mass is 455 g/mol. The third kappa shape index (κ3) is 3.61. The molecule has 3 aromatic rings. The van der Waals surface area contributed by atoms with E-state index in [1.54, 1.807) is 24.3 Å². The van der Waals surface area contributed by atoms with Crippen LogP contribution in [-0.2, 0) is 11.3 Å². The van der Waals surface area contributed by atoms with Crippen molar-refractivity contribution in [2.45, 2.75) is 6.54 Å². The molecule has 1 saturated heterocycles. The molecule has 0 aliphatic carbocycles.